The minimum absolute atomic E-state index is 0.218. The quantitative estimate of drug-likeness (QED) is 0.743. The van der Waals surface area contributed by atoms with Crippen molar-refractivity contribution in [2.24, 2.45) is 0 Å². The summed E-state index contributed by atoms with van der Waals surface area (Å²) in [6.45, 7) is 0.868. The van der Waals surface area contributed by atoms with Crippen LogP contribution in [0.2, 0.25) is 0 Å². The molecule has 2 aliphatic heterocycles. The van der Waals surface area contributed by atoms with E-state index in [0.717, 1.165) is 28.6 Å². The van der Waals surface area contributed by atoms with Gasteiger partial charge in [-0.15, -0.1) is 0 Å². The van der Waals surface area contributed by atoms with E-state index >= 15 is 0 Å². The molecule has 1 aromatic heterocycles. The molecule has 1 fully saturated rings. The fraction of sp³-hybridized carbons (Fsp3) is 0.190. The molecule has 3 heterocycles. The molecule has 0 bridgehead atoms. The summed E-state index contributed by atoms with van der Waals surface area (Å²) in [7, 11) is 0. The van der Waals surface area contributed by atoms with Gasteiger partial charge in [-0.3, -0.25) is 19.3 Å². The molecule has 7 heteroatoms. The van der Waals surface area contributed by atoms with Gasteiger partial charge >= 0.3 is 0 Å². The van der Waals surface area contributed by atoms with Crippen molar-refractivity contribution in [2.75, 3.05) is 13.1 Å². The van der Waals surface area contributed by atoms with Gasteiger partial charge in [-0.2, -0.15) is 0 Å². The third kappa shape index (κ3) is 3.80. The van der Waals surface area contributed by atoms with E-state index in [4.69, 9.17) is 4.42 Å². The van der Waals surface area contributed by atoms with Crippen LogP contribution >= 0.6 is 11.8 Å². The van der Waals surface area contributed by atoms with Crippen molar-refractivity contribution >= 4 is 34.9 Å². The first-order chi connectivity index (χ1) is 13.6. The molecule has 0 atom stereocenters. The van der Waals surface area contributed by atoms with Gasteiger partial charge in [0.2, 0.25) is 5.91 Å². The number of furan rings is 1. The second-order valence-electron chi connectivity index (χ2n) is 6.50. The number of carbonyl (C=O) groups is 3. The minimum atomic E-state index is -0.440. The molecule has 0 unspecified atom stereocenters. The summed E-state index contributed by atoms with van der Waals surface area (Å²) in [5.41, 5.74) is 2.35. The number of thioether (sulfide) groups is 1. The highest BCUT2D eigenvalue weighted by Gasteiger charge is 2.37. The maximum Gasteiger partial charge on any atom is 0.294 e. The van der Waals surface area contributed by atoms with E-state index in [9.17, 15) is 14.4 Å². The lowest BCUT2D eigenvalue weighted by Gasteiger charge is -2.29. The number of hydrogen-bond acceptors (Lipinski definition) is 5. The molecule has 142 valence electrons. The van der Waals surface area contributed by atoms with E-state index < -0.39 is 11.1 Å². The molecule has 2 aromatic rings. The Kier molecular flexibility index (Phi) is 5.16. The average Bonchev–Trinajstić information content (AvgIpc) is 3.31. The zero-order valence-corrected chi connectivity index (χ0v) is 15.9. The van der Waals surface area contributed by atoms with Crippen LogP contribution in [0, 0.1) is 0 Å². The number of allylic oxidation sites excluding steroid dienone is 2. The van der Waals surface area contributed by atoms with Gasteiger partial charge in [-0.25, -0.2) is 0 Å². The van der Waals surface area contributed by atoms with Crippen molar-refractivity contribution in [3.05, 3.63) is 76.6 Å². The zero-order valence-electron chi connectivity index (χ0n) is 15.0. The Morgan fingerprint density at radius 3 is 2.75 bits per heavy atom. The standard InChI is InChI=1S/C21H18N2O4S/c24-19(22-11-10-15-5-1-2-6-16(15)13-22)14-23-20(25)18(28-21(23)26)9-3-7-17-8-4-12-27-17/h1-9,12H,10-11,13-14H2/b7-3+,18-9-. The molecule has 1 saturated heterocycles. The second kappa shape index (κ2) is 7.90. The lowest BCUT2D eigenvalue weighted by atomic mass is 10.00. The van der Waals surface area contributed by atoms with Gasteiger partial charge in [0, 0.05) is 13.1 Å². The number of fused-ring (bicyclic) bond motifs is 1. The summed E-state index contributed by atoms with van der Waals surface area (Å²) in [6, 6.07) is 11.6. The third-order valence-corrected chi connectivity index (χ3v) is 5.63. The van der Waals surface area contributed by atoms with Crippen LogP contribution in [0.5, 0.6) is 0 Å². The maximum absolute atomic E-state index is 12.7. The first-order valence-corrected chi connectivity index (χ1v) is 9.73. The van der Waals surface area contributed by atoms with Gasteiger partial charge in [-0.1, -0.05) is 30.3 Å². The molecule has 0 aliphatic carbocycles. The van der Waals surface area contributed by atoms with Gasteiger partial charge in [0.25, 0.3) is 11.1 Å². The van der Waals surface area contributed by atoms with E-state index in [1.807, 2.05) is 18.2 Å². The average molecular weight is 394 g/mol. The van der Waals surface area contributed by atoms with Crippen LogP contribution < -0.4 is 0 Å². The summed E-state index contributed by atoms with van der Waals surface area (Å²) in [4.78, 5) is 40.4. The summed E-state index contributed by atoms with van der Waals surface area (Å²) in [5.74, 6) is -0.00919. The molecule has 28 heavy (non-hydrogen) atoms. The Bertz CT molecular complexity index is 978. The monoisotopic (exact) mass is 394 g/mol. The van der Waals surface area contributed by atoms with E-state index in [-0.39, 0.29) is 12.5 Å². The number of amides is 3. The van der Waals surface area contributed by atoms with E-state index in [0.29, 0.717) is 23.8 Å². The predicted octanol–water partition coefficient (Wildman–Crippen LogP) is 3.46. The van der Waals surface area contributed by atoms with Crippen LogP contribution in [0.15, 0.2) is 64.1 Å². The van der Waals surface area contributed by atoms with Crippen molar-refractivity contribution < 1.29 is 18.8 Å². The molecular weight excluding hydrogens is 376 g/mol. The Labute approximate surface area is 166 Å². The van der Waals surface area contributed by atoms with Crippen LogP contribution in [0.4, 0.5) is 4.79 Å². The Morgan fingerprint density at radius 1 is 1.14 bits per heavy atom. The van der Waals surface area contributed by atoms with Gasteiger partial charge in [0.05, 0.1) is 11.2 Å². The highest BCUT2D eigenvalue weighted by atomic mass is 32.2. The molecule has 2 aliphatic rings. The van der Waals surface area contributed by atoms with Crippen LogP contribution in [0.3, 0.4) is 0 Å². The van der Waals surface area contributed by atoms with E-state index in [1.54, 1.807) is 41.5 Å². The smallest absolute Gasteiger partial charge is 0.294 e. The number of benzene rings is 1. The number of carbonyl (C=O) groups excluding carboxylic acids is 3. The Hall–Kier alpha value is -3.06. The van der Waals surface area contributed by atoms with Gasteiger partial charge < -0.3 is 9.32 Å². The molecular formula is C21H18N2O4S. The minimum Gasteiger partial charge on any atom is -0.465 e. The highest BCUT2D eigenvalue weighted by molar-refractivity contribution is 8.18. The van der Waals surface area contributed by atoms with Gasteiger partial charge in [-0.05, 0) is 53.6 Å². The van der Waals surface area contributed by atoms with Crippen LogP contribution in [0.1, 0.15) is 16.9 Å². The maximum atomic E-state index is 12.7. The second-order valence-corrected chi connectivity index (χ2v) is 7.49. The number of hydrogen-bond donors (Lipinski definition) is 0. The van der Waals surface area contributed by atoms with Gasteiger partial charge in [0.15, 0.2) is 0 Å². The predicted molar refractivity (Wildman–Crippen MR) is 106 cm³/mol. The molecule has 0 N–H and O–H groups in total. The fourth-order valence-electron chi connectivity index (χ4n) is 3.21. The van der Waals surface area contributed by atoms with Crippen molar-refractivity contribution in [2.45, 2.75) is 13.0 Å². The molecule has 0 radical (unpaired) electrons. The lowest BCUT2D eigenvalue weighted by molar-refractivity contribution is -0.136. The van der Waals surface area contributed by atoms with Gasteiger partial charge in [0.1, 0.15) is 12.3 Å². The molecule has 0 spiro atoms. The van der Waals surface area contributed by atoms with E-state index in [1.165, 1.54) is 5.56 Å². The van der Waals surface area contributed by atoms with Crippen molar-refractivity contribution in [3.63, 3.8) is 0 Å². The summed E-state index contributed by atoms with van der Waals surface area (Å²) >= 11 is 0.842. The summed E-state index contributed by atoms with van der Waals surface area (Å²) in [5, 5.41) is -0.423. The fourth-order valence-corrected chi connectivity index (χ4v) is 4.00. The first-order valence-electron chi connectivity index (χ1n) is 8.92. The van der Waals surface area contributed by atoms with Crippen molar-refractivity contribution in [3.8, 4) is 0 Å². The molecule has 4 rings (SSSR count). The van der Waals surface area contributed by atoms with Crippen molar-refractivity contribution in [1.29, 1.82) is 0 Å². The SMILES string of the molecule is O=C(CN1C(=O)S/C(=C\C=C\c2ccco2)C1=O)N1CCc2ccccc2C1. The summed E-state index contributed by atoms with van der Waals surface area (Å²) in [6.07, 6.45) is 7.25. The summed E-state index contributed by atoms with van der Waals surface area (Å²) < 4.78 is 5.18. The molecule has 6 nitrogen and oxygen atoms in total. The first kappa shape index (κ1) is 18.3. The third-order valence-electron chi connectivity index (χ3n) is 4.70. The Balaban J connectivity index is 1.40. The largest absolute Gasteiger partial charge is 0.465 e. The number of rotatable bonds is 4. The zero-order chi connectivity index (χ0) is 19.5. The normalized spacial score (nSPS) is 18.4. The molecule has 1 aromatic carbocycles. The highest BCUT2D eigenvalue weighted by Crippen LogP contribution is 2.31. The number of imide groups is 1. The Morgan fingerprint density at radius 2 is 1.96 bits per heavy atom. The topological polar surface area (TPSA) is 70.8 Å². The van der Waals surface area contributed by atoms with Crippen LogP contribution in [-0.4, -0.2) is 39.9 Å². The molecule has 3 amide bonds. The lowest BCUT2D eigenvalue weighted by Crippen LogP contribution is -2.44. The van der Waals surface area contributed by atoms with Crippen LogP contribution in [-0.2, 0) is 22.6 Å². The van der Waals surface area contributed by atoms with Crippen molar-refractivity contribution in [1.82, 2.24) is 9.80 Å². The van der Waals surface area contributed by atoms with Crippen LogP contribution in [0.25, 0.3) is 6.08 Å². The molecule has 0 saturated carbocycles. The van der Waals surface area contributed by atoms with E-state index in [2.05, 4.69) is 6.07 Å². The number of nitrogens with zero attached hydrogens (tertiary/aromatic N) is 2.